The molecule has 0 bridgehead atoms. The van der Waals surface area contributed by atoms with Gasteiger partial charge >= 0.3 is 0 Å². The van der Waals surface area contributed by atoms with Crippen LogP contribution in [-0.2, 0) is 16.0 Å². The summed E-state index contributed by atoms with van der Waals surface area (Å²) in [6.07, 6.45) is 5.01. The molecule has 1 aromatic rings. The second-order valence-corrected chi connectivity index (χ2v) is 5.51. The van der Waals surface area contributed by atoms with E-state index in [4.69, 9.17) is 4.74 Å². The Morgan fingerprint density at radius 3 is 2.95 bits per heavy atom. The normalized spacial score (nSPS) is 18.0. The van der Waals surface area contributed by atoms with Crippen molar-refractivity contribution in [2.75, 3.05) is 25.1 Å². The minimum atomic E-state index is -0.104. The number of carbonyl (C=O) groups excluding carboxylic acids is 1. The van der Waals surface area contributed by atoms with Crippen LogP contribution in [0.3, 0.4) is 0 Å². The lowest BCUT2D eigenvalue weighted by Crippen LogP contribution is -2.40. The molecular formula is C17H26N2O2. The first-order valence-electron chi connectivity index (χ1n) is 8.01. The lowest BCUT2D eigenvalue weighted by molar-refractivity contribution is -0.118. The average Bonchev–Trinajstić information content (AvgIpc) is 2.65. The van der Waals surface area contributed by atoms with E-state index in [1.54, 1.807) is 0 Å². The van der Waals surface area contributed by atoms with E-state index in [2.05, 4.69) is 23.6 Å². The number of ether oxygens (including phenoxy) is 1. The maximum absolute atomic E-state index is 12.2. The van der Waals surface area contributed by atoms with E-state index in [1.807, 2.05) is 18.2 Å². The minimum absolute atomic E-state index is 0.0758. The summed E-state index contributed by atoms with van der Waals surface area (Å²) < 4.78 is 5.53. The summed E-state index contributed by atoms with van der Waals surface area (Å²) in [6, 6.07) is 7.93. The highest BCUT2D eigenvalue weighted by atomic mass is 16.5. The molecule has 1 aliphatic heterocycles. The van der Waals surface area contributed by atoms with Crippen molar-refractivity contribution in [3.05, 3.63) is 29.8 Å². The number of rotatable bonds is 8. The molecule has 1 amide bonds. The smallest absolute Gasteiger partial charge is 0.241 e. The van der Waals surface area contributed by atoms with Crippen LogP contribution in [0.25, 0.3) is 0 Å². The van der Waals surface area contributed by atoms with E-state index < -0.39 is 0 Å². The van der Waals surface area contributed by atoms with Crippen molar-refractivity contribution >= 4 is 11.6 Å². The third kappa shape index (κ3) is 5.14. The monoisotopic (exact) mass is 290 g/mol. The number of amides is 1. The SMILES string of the molecule is CCCCOCCCNC1CCc2ccccc2NC1=O. The third-order valence-electron chi connectivity index (χ3n) is 3.79. The molecule has 0 radical (unpaired) electrons. The van der Waals surface area contributed by atoms with Crippen LogP contribution in [0.1, 0.15) is 38.2 Å². The van der Waals surface area contributed by atoms with Crippen LogP contribution in [0, 0.1) is 0 Å². The van der Waals surface area contributed by atoms with Gasteiger partial charge in [-0.05, 0) is 43.9 Å². The number of benzene rings is 1. The van der Waals surface area contributed by atoms with Gasteiger partial charge in [0.05, 0.1) is 6.04 Å². The molecule has 4 heteroatoms. The Bertz CT molecular complexity index is 448. The molecule has 0 aromatic heterocycles. The number of hydrogen-bond donors (Lipinski definition) is 2. The summed E-state index contributed by atoms with van der Waals surface area (Å²) in [5.41, 5.74) is 2.17. The van der Waals surface area contributed by atoms with Gasteiger partial charge in [0.25, 0.3) is 0 Å². The molecule has 21 heavy (non-hydrogen) atoms. The molecule has 0 aliphatic carbocycles. The van der Waals surface area contributed by atoms with Crippen molar-refractivity contribution in [1.29, 1.82) is 0 Å². The molecule has 1 atom stereocenters. The van der Waals surface area contributed by atoms with Gasteiger partial charge in [0.2, 0.25) is 5.91 Å². The number of nitrogens with one attached hydrogen (secondary N) is 2. The summed E-state index contributed by atoms with van der Waals surface area (Å²) in [5.74, 6) is 0.0758. The van der Waals surface area contributed by atoms with Gasteiger partial charge in [-0.25, -0.2) is 0 Å². The van der Waals surface area contributed by atoms with Crippen LogP contribution in [-0.4, -0.2) is 31.7 Å². The zero-order chi connectivity index (χ0) is 14.9. The molecule has 1 heterocycles. The third-order valence-corrected chi connectivity index (χ3v) is 3.79. The van der Waals surface area contributed by atoms with Gasteiger partial charge in [0, 0.05) is 18.9 Å². The fourth-order valence-corrected chi connectivity index (χ4v) is 2.50. The van der Waals surface area contributed by atoms with Crippen molar-refractivity contribution in [3.8, 4) is 0 Å². The van der Waals surface area contributed by atoms with Crippen LogP contribution >= 0.6 is 0 Å². The summed E-state index contributed by atoms with van der Waals surface area (Å²) in [7, 11) is 0. The molecule has 0 fully saturated rings. The molecular weight excluding hydrogens is 264 g/mol. The minimum Gasteiger partial charge on any atom is -0.381 e. The van der Waals surface area contributed by atoms with Crippen LogP contribution < -0.4 is 10.6 Å². The van der Waals surface area contributed by atoms with E-state index in [-0.39, 0.29) is 11.9 Å². The summed E-state index contributed by atoms with van der Waals surface area (Å²) in [4.78, 5) is 12.2. The highest BCUT2D eigenvalue weighted by Crippen LogP contribution is 2.21. The highest BCUT2D eigenvalue weighted by molar-refractivity contribution is 5.96. The maximum Gasteiger partial charge on any atom is 0.241 e. The standard InChI is InChI=1S/C17H26N2O2/c1-2-3-12-21-13-6-11-18-16-10-9-14-7-4-5-8-15(14)19-17(16)20/h4-5,7-8,16,18H,2-3,6,9-13H2,1H3,(H,19,20). The first-order chi connectivity index (χ1) is 10.3. The molecule has 0 saturated heterocycles. The molecule has 4 nitrogen and oxygen atoms in total. The fourth-order valence-electron chi connectivity index (χ4n) is 2.50. The largest absolute Gasteiger partial charge is 0.381 e. The average molecular weight is 290 g/mol. The van der Waals surface area contributed by atoms with E-state index >= 15 is 0 Å². The predicted molar refractivity (Wildman–Crippen MR) is 85.5 cm³/mol. The molecule has 2 rings (SSSR count). The number of aryl methyl sites for hydroxylation is 1. The first kappa shape index (κ1) is 16.0. The number of hydrogen-bond acceptors (Lipinski definition) is 3. The molecule has 2 N–H and O–H groups in total. The lowest BCUT2D eigenvalue weighted by Gasteiger charge is -2.15. The van der Waals surface area contributed by atoms with E-state index in [9.17, 15) is 4.79 Å². The van der Waals surface area contributed by atoms with Crippen LogP contribution in [0.4, 0.5) is 5.69 Å². The van der Waals surface area contributed by atoms with Gasteiger partial charge in [0.15, 0.2) is 0 Å². The number of para-hydroxylation sites is 1. The van der Waals surface area contributed by atoms with Crippen molar-refractivity contribution in [2.24, 2.45) is 0 Å². The summed E-state index contributed by atoms with van der Waals surface area (Å²) in [5, 5.41) is 6.35. The fraction of sp³-hybridized carbons (Fsp3) is 0.588. The number of fused-ring (bicyclic) bond motifs is 1. The van der Waals surface area contributed by atoms with Gasteiger partial charge in [0.1, 0.15) is 0 Å². The topological polar surface area (TPSA) is 50.4 Å². The van der Waals surface area contributed by atoms with Gasteiger partial charge < -0.3 is 15.4 Å². The Labute approximate surface area is 127 Å². The van der Waals surface area contributed by atoms with Crippen molar-refractivity contribution in [1.82, 2.24) is 5.32 Å². The Kier molecular flexibility index (Phi) is 6.70. The number of anilines is 1. The zero-order valence-electron chi connectivity index (χ0n) is 12.9. The van der Waals surface area contributed by atoms with Crippen molar-refractivity contribution < 1.29 is 9.53 Å². The van der Waals surface area contributed by atoms with Gasteiger partial charge in [-0.15, -0.1) is 0 Å². The van der Waals surface area contributed by atoms with Crippen LogP contribution in [0.2, 0.25) is 0 Å². The van der Waals surface area contributed by atoms with Gasteiger partial charge in [-0.1, -0.05) is 31.5 Å². The molecule has 1 unspecified atom stereocenters. The Morgan fingerprint density at radius 2 is 2.10 bits per heavy atom. The molecule has 116 valence electrons. The van der Waals surface area contributed by atoms with Gasteiger partial charge in [-0.3, -0.25) is 4.79 Å². The Hall–Kier alpha value is -1.39. The van der Waals surface area contributed by atoms with E-state index in [1.165, 1.54) is 12.0 Å². The van der Waals surface area contributed by atoms with Crippen LogP contribution in [0.15, 0.2) is 24.3 Å². The summed E-state index contributed by atoms with van der Waals surface area (Å²) >= 11 is 0. The van der Waals surface area contributed by atoms with Crippen molar-refractivity contribution in [3.63, 3.8) is 0 Å². The molecule has 1 aliphatic rings. The highest BCUT2D eigenvalue weighted by Gasteiger charge is 2.22. The van der Waals surface area contributed by atoms with E-state index in [0.29, 0.717) is 0 Å². The quantitative estimate of drug-likeness (QED) is 0.724. The Balaban J connectivity index is 1.69. The zero-order valence-corrected chi connectivity index (χ0v) is 12.9. The summed E-state index contributed by atoms with van der Waals surface area (Å²) in [6.45, 7) is 4.59. The van der Waals surface area contributed by atoms with E-state index in [0.717, 1.165) is 51.1 Å². The Morgan fingerprint density at radius 1 is 1.29 bits per heavy atom. The second-order valence-electron chi connectivity index (χ2n) is 5.51. The number of carbonyl (C=O) groups is 1. The molecule has 0 spiro atoms. The first-order valence-corrected chi connectivity index (χ1v) is 8.01. The van der Waals surface area contributed by atoms with Crippen molar-refractivity contribution in [2.45, 2.75) is 45.1 Å². The predicted octanol–water partition coefficient (Wildman–Crippen LogP) is 2.74. The molecule has 1 aromatic carbocycles. The number of unbranched alkanes of at least 4 members (excludes halogenated alkanes) is 1. The maximum atomic E-state index is 12.2. The second kappa shape index (κ2) is 8.80. The van der Waals surface area contributed by atoms with Crippen LogP contribution in [0.5, 0.6) is 0 Å². The lowest BCUT2D eigenvalue weighted by atomic mass is 10.1. The van der Waals surface area contributed by atoms with Gasteiger partial charge in [-0.2, -0.15) is 0 Å². The molecule has 0 saturated carbocycles.